The monoisotopic (exact) mass is 426 g/mol. The number of hydrogen-bond donors (Lipinski definition) is 1. The third-order valence-corrected chi connectivity index (χ3v) is 5.42. The van der Waals surface area contributed by atoms with Gasteiger partial charge in [0, 0.05) is 17.8 Å². The van der Waals surface area contributed by atoms with Gasteiger partial charge in [0.1, 0.15) is 17.9 Å². The van der Waals surface area contributed by atoms with Gasteiger partial charge in [-0.15, -0.1) is 11.3 Å². The first-order valence-corrected chi connectivity index (χ1v) is 9.32. The lowest BCUT2D eigenvalue weighted by atomic mass is 10.0. The number of rotatable bonds is 5. The minimum atomic E-state index is -0.756. The molecule has 3 rings (SSSR count). The van der Waals surface area contributed by atoms with Crippen molar-refractivity contribution in [2.45, 2.75) is 12.3 Å². The molecule has 2 heterocycles. The summed E-state index contributed by atoms with van der Waals surface area (Å²) in [4.78, 5) is 6.67. The van der Waals surface area contributed by atoms with Crippen LogP contribution in [-0.2, 0) is 4.74 Å². The second kappa shape index (κ2) is 7.80. The van der Waals surface area contributed by atoms with Gasteiger partial charge < -0.3 is 14.7 Å². The summed E-state index contributed by atoms with van der Waals surface area (Å²) in [5, 5.41) is 13.0. The van der Waals surface area contributed by atoms with Crippen molar-refractivity contribution in [3.63, 3.8) is 0 Å². The molecule has 4 nitrogen and oxygen atoms in total. The fraction of sp³-hybridized carbons (Fsp3) is 0.235. The Labute approximate surface area is 158 Å². The first kappa shape index (κ1) is 17.6. The van der Waals surface area contributed by atoms with E-state index in [0.29, 0.717) is 11.8 Å². The van der Waals surface area contributed by atoms with E-state index in [1.54, 1.807) is 24.3 Å². The van der Waals surface area contributed by atoms with Crippen molar-refractivity contribution in [2.75, 3.05) is 13.8 Å². The maximum Gasteiger partial charge on any atom is 0.163 e. The topological polar surface area (TPSA) is 45.1 Å². The predicted molar refractivity (Wildman–Crippen MR) is 101 cm³/mol. The summed E-state index contributed by atoms with van der Waals surface area (Å²) in [6, 6.07) is 9.99. The third kappa shape index (κ3) is 3.90. The van der Waals surface area contributed by atoms with Crippen LogP contribution in [0.3, 0.4) is 0 Å². The van der Waals surface area contributed by atoms with Gasteiger partial charge in [0.25, 0.3) is 0 Å². The van der Waals surface area contributed by atoms with Crippen molar-refractivity contribution >= 4 is 44.0 Å². The molecule has 0 spiro atoms. The molecule has 24 heavy (non-hydrogen) atoms. The van der Waals surface area contributed by atoms with Gasteiger partial charge in [-0.3, -0.25) is 4.99 Å². The standard InChI is InChI=1S/C17H16BrClN2O2S/c1-23-16(11-3-2-4-13(18)7-11)12-8-14(24-9-12)17(22)21-6-5-15(19)20-10-21/h2-9,16-17,22H,10H2,1H3. The molecule has 0 amide bonds. The van der Waals surface area contributed by atoms with Gasteiger partial charge in [-0.2, -0.15) is 0 Å². The predicted octanol–water partition coefficient (Wildman–Crippen LogP) is 4.66. The number of nitrogens with zero attached hydrogens (tertiary/aromatic N) is 2. The zero-order valence-corrected chi connectivity index (χ0v) is 16.1. The molecule has 0 saturated heterocycles. The number of halogens is 2. The molecule has 0 saturated carbocycles. The molecule has 0 radical (unpaired) electrons. The summed E-state index contributed by atoms with van der Waals surface area (Å²) >= 11 is 10.8. The van der Waals surface area contributed by atoms with E-state index in [-0.39, 0.29) is 6.10 Å². The van der Waals surface area contributed by atoms with Crippen molar-refractivity contribution in [3.8, 4) is 0 Å². The maximum atomic E-state index is 10.5. The molecule has 126 valence electrons. The van der Waals surface area contributed by atoms with Crippen LogP contribution in [0.15, 0.2) is 57.5 Å². The molecule has 0 bridgehead atoms. The van der Waals surface area contributed by atoms with Gasteiger partial charge >= 0.3 is 0 Å². The largest absolute Gasteiger partial charge is 0.372 e. The van der Waals surface area contributed by atoms with Gasteiger partial charge in [0.05, 0.1) is 4.88 Å². The Morgan fingerprint density at radius 1 is 1.38 bits per heavy atom. The quantitative estimate of drug-likeness (QED) is 0.755. The minimum absolute atomic E-state index is 0.177. The summed E-state index contributed by atoms with van der Waals surface area (Å²) in [7, 11) is 1.68. The van der Waals surface area contributed by atoms with Crippen LogP contribution in [0.5, 0.6) is 0 Å². The molecular weight excluding hydrogens is 412 g/mol. The molecule has 1 aromatic carbocycles. The number of benzene rings is 1. The van der Waals surface area contributed by atoms with Crippen molar-refractivity contribution in [1.29, 1.82) is 0 Å². The zero-order valence-electron chi connectivity index (χ0n) is 12.9. The average Bonchev–Trinajstić information content (AvgIpc) is 3.05. The lowest BCUT2D eigenvalue weighted by Crippen LogP contribution is -2.25. The number of allylic oxidation sites excluding steroid dienone is 1. The molecular formula is C17H16BrClN2O2S. The summed E-state index contributed by atoms with van der Waals surface area (Å²) in [6.07, 6.45) is 2.49. The van der Waals surface area contributed by atoms with Crippen molar-refractivity contribution in [1.82, 2.24) is 4.90 Å². The number of methoxy groups -OCH3 is 1. The van der Waals surface area contributed by atoms with Crippen LogP contribution in [0.4, 0.5) is 0 Å². The van der Waals surface area contributed by atoms with Gasteiger partial charge in [0.15, 0.2) is 6.23 Å². The average molecular weight is 428 g/mol. The van der Waals surface area contributed by atoms with Gasteiger partial charge in [-0.05, 0) is 40.8 Å². The molecule has 0 fully saturated rings. The molecule has 1 N–H and O–H groups in total. The third-order valence-electron chi connectivity index (χ3n) is 3.69. The van der Waals surface area contributed by atoms with Gasteiger partial charge in [0.2, 0.25) is 0 Å². The summed E-state index contributed by atoms with van der Waals surface area (Å²) in [5.74, 6) is 0. The van der Waals surface area contributed by atoms with E-state index in [1.165, 1.54) is 11.3 Å². The molecule has 2 atom stereocenters. The van der Waals surface area contributed by atoms with E-state index in [2.05, 4.69) is 20.9 Å². The van der Waals surface area contributed by atoms with E-state index >= 15 is 0 Å². The number of aliphatic hydroxyl groups excluding tert-OH is 1. The van der Waals surface area contributed by atoms with E-state index in [1.807, 2.05) is 35.7 Å². The molecule has 7 heteroatoms. The van der Waals surface area contributed by atoms with Crippen LogP contribution in [-0.4, -0.2) is 29.0 Å². The van der Waals surface area contributed by atoms with Gasteiger partial charge in [-0.1, -0.05) is 39.7 Å². The highest BCUT2D eigenvalue weighted by atomic mass is 79.9. The van der Waals surface area contributed by atoms with Crippen molar-refractivity contribution in [2.24, 2.45) is 4.99 Å². The normalized spacial score (nSPS) is 16.8. The van der Waals surface area contributed by atoms with Crippen LogP contribution in [0.2, 0.25) is 0 Å². The lowest BCUT2D eigenvalue weighted by molar-refractivity contribution is 0.0409. The number of hydrogen-bond acceptors (Lipinski definition) is 5. The first-order chi connectivity index (χ1) is 11.6. The van der Waals surface area contributed by atoms with Crippen molar-refractivity contribution in [3.05, 3.63) is 68.5 Å². The van der Waals surface area contributed by atoms with Gasteiger partial charge in [-0.25, -0.2) is 0 Å². The van der Waals surface area contributed by atoms with Crippen LogP contribution in [0.25, 0.3) is 0 Å². The minimum Gasteiger partial charge on any atom is -0.372 e. The molecule has 1 aliphatic heterocycles. The van der Waals surface area contributed by atoms with E-state index in [9.17, 15) is 5.11 Å². The fourth-order valence-corrected chi connectivity index (χ4v) is 3.96. The SMILES string of the molecule is COC(c1cccc(Br)c1)c1csc(C(O)N2C=CC(Cl)=NC2)c1. The zero-order chi connectivity index (χ0) is 17.1. The molecule has 2 aromatic rings. The van der Waals surface area contributed by atoms with Crippen LogP contribution in [0, 0.1) is 0 Å². The van der Waals surface area contributed by atoms with Crippen LogP contribution in [0.1, 0.15) is 28.3 Å². The van der Waals surface area contributed by atoms with Crippen molar-refractivity contribution < 1.29 is 9.84 Å². The number of aliphatic hydroxyl groups is 1. The number of aliphatic imine (C=N–C) groups is 1. The highest BCUT2D eigenvalue weighted by Crippen LogP contribution is 2.33. The Bertz CT molecular complexity index is 777. The summed E-state index contributed by atoms with van der Waals surface area (Å²) in [6.45, 7) is 0.336. The Morgan fingerprint density at radius 2 is 2.21 bits per heavy atom. The van der Waals surface area contributed by atoms with E-state index in [4.69, 9.17) is 16.3 Å². The highest BCUT2D eigenvalue weighted by Gasteiger charge is 2.21. The molecule has 2 unspecified atom stereocenters. The number of ether oxygens (including phenoxy) is 1. The Balaban J connectivity index is 1.80. The maximum absolute atomic E-state index is 10.5. The van der Waals surface area contributed by atoms with Crippen LogP contribution < -0.4 is 0 Å². The smallest absolute Gasteiger partial charge is 0.163 e. The number of thiophene rings is 1. The summed E-state index contributed by atoms with van der Waals surface area (Å²) in [5.41, 5.74) is 2.07. The lowest BCUT2D eigenvalue weighted by Gasteiger charge is -2.25. The highest BCUT2D eigenvalue weighted by molar-refractivity contribution is 9.10. The Kier molecular flexibility index (Phi) is 5.73. The van der Waals surface area contributed by atoms with E-state index < -0.39 is 6.23 Å². The Morgan fingerprint density at radius 3 is 2.88 bits per heavy atom. The second-order valence-electron chi connectivity index (χ2n) is 5.28. The molecule has 0 aliphatic carbocycles. The first-order valence-electron chi connectivity index (χ1n) is 7.27. The second-order valence-corrected chi connectivity index (χ2v) is 7.52. The van der Waals surface area contributed by atoms with Crippen LogP contribution >= 0.6 is 38.9 Å². The Hall–Kier alpha value is -1.18. The summed E-state index contributed by atoms with van der Waals surface area (Å²) < 4.78 is 6.67. The molecule has 1 aliphatic rings. The fourth-order valence-electron chi connectivity index (χ4n) is 2.50. The van der Waals surface area contributed by atoms with E-state index in [0.717, 1.165) is 20.5 Å². The molecule has 1 aromatic heterocycles.